The van der Waals surface area contributed by atoms with Crippen molar-refractivity contribution in [3.63, 3.8) is 0 Å². The van der Waals surface area contributed by atoms with Crippen LogP contribution in [0.5, 0.6) is 0 Å². The van der Waals surface area contributed by atoms with E-state index in [-0.39, 0.29) is 6.03 Å². The Morgan fingerprint density at radius 2 is 2.24 bits per heavy atom. The summed E-state index contributed by atoms with van der Waals surface area (Å²) in [7, 11) is 0. The van der Waals surface area contributed by atoms with Crippen molar-refractivity contribution in [3.8, 4) is 0 Å². The van der Waals surface area contributed by atoms with Gasteiger partial charge >= 0.3 is 6.03 Å². The zero-order valence-electron chi connectivity index (χ0n) is 13.1. The molecule has 3 heterocycles. The third-order valence-corrected chi connectivity index (χ3v) is 4.57. The molecular formula is C16H26N4O. The summed E-state index contributed by atoms with van der Waals surface area (Å²) in [5.74, 6) is 0.736. The molecule has 0 bridgehead atoms. The highest BCUT2D eigenvalue weighted by atomic mass is 16.2. The minimum atomic E-state index is 0.111. The summed E-state index contributed by atoms with van der Waals surface area (Å²) < 4.78 is 2.38. The van der Waals surface area contributed by atoms with Gasteiger partial charge in [0.2, 0.25) is 0 Å². The Labute approximate surface area is 126 Å². The first-order valence-corrected chi connectivity index (χ1v) is 8.04. The highest BCUT2D eigenvalue weighted by Gasteiger charge is 2.35. The number of urea groups is 1. The summed E-state index contributed by atoms with van der Waals surface area (Å²) in [5.41, 5.74) is 1.39. The molecule has 3 rings (SSSR count). The van der Waals surface area contributed by atoms with E-state index in [0.29, 0.717) is 6.04 Å². The Bertz CT molecular complexity index is 496. The average Bonchev–Trinajstić information content (AvgIpc) is 3.04. The standard InChI is InChI=1S/C16H26N4O/c1-13(2)5-7-19-6-3-4-14(19)11-18-8-9-20-15(12-18)10-17-16(20)21/h3-4,6,13,15H,5,7-12H2,1-2H3,(H,17,21)/t15-/m0/s1. The number of hydrogen-bond acceptors (Lipinski definition) is 2. The average molecular weight is 290 g/mol. The summed E-state index contributed by atoms with van der Waals surface area (Å²) in [6.45, 7) is 10.2. The maximum atomic E-state index is 11.6. The maximum absolute atomic E-state index is 11.6. The SMILES string of the molecule is CC(C)CCn1cccc1CN1CCN2C(=O)NC[C@H]2C1. The third-order valence-electron chi connectivity index (χ3n) is 4.57. The fourth-order valence-electron chi connectivity index (χ4n) is 3.25. The van der Waals surface area contributed by atoms with E-state index in [2.05, 4.69) is 47.0 Å². The van der Waals surface area contributed by atoms with Crippen molar-refractivity contribution in [1.29, 1.82) is 0 Å². The molecule has 2 fully saturated rings. The van der Waals surface area contributed by atoms with E-state index in [1.807, 2.05) is 4.90 Å². The first-order valence-electron chi connectivity index (χ1n) is 8.04. The number of nitrogens with zero attached hydrogens (tertiary/aromatic N) is 3. The summed E-state index contributed by atoms with van der Waals surface area (Å²) in [6, 6.07) is 4.84. The van der Waals surface area contributed by atoms with Crippen LogP contribution in [0.15, 0.2) is 18.3 Å². The molecule has 1 atom stereocenters. The van der Waals surface area contributed by atoms with Crippen LogP contribution in [0.25, 0.3) is 0 Å². The lowest BCUT2D eigenvalue weighted by Gasteiger charge is -2.36. The molecule has 2 aliphatic heterocycles. The lowest BCUT2D eigenvalue weighted by molar-refractivity contribution is 0.115. The summed E-state index contributed by atoms with van der Waals surface area (Å²) in [5, 5.41) is 2.94. The monoisotopic (exact) mass is 290 g/mol. The van der Waals surface area contributed by atoms with Gasteiger partial charge < -0.3 is 14.8 Å². The lowest BCUT2D eigenvalue weighted by Crippen LogP contribution is -2.51. The molecule has 2 saturated heterocycles. The molecular weight excluding hydrogens is 264 g/mol. The van der Waals surface area contributed by atoms with Gasteiger partial charge in [0, 0.05) is 51.2 Å². The third kappa shape index (κ3) is 3.23. The van der Waals surface area contributed by atoms with Gasteiger partial charge in [-0.25, -0.2) is 4.79 Å². The van der Waals surface area contributed by atoms with Crippen molar-refractivity contribution >= 4 is 6.03 Å². The van der Waals surface area contributed by atoms with Gasteiger partial charge in [0.1, 0.15) is 0 Å². The molecule has 2 aliphatic rings. The number of carbonyl (C=O) groups excluding carboxylic acids is 1. The minimum absolute atomic E-state index is 0.111. The Kier molecular flexibility index (Phi) is 4.19. The van der Waals surface area contributed by atoms with Crippen LogP contribution in [-0.4, -0.2) is 52.6 Å². The Balaban J connectivity index is 1.57. The number of aryl methyl sites for hydroxylation is 1. The van der Waals surface area contributed by atoms with Gasteiger partial charge in [-0.1, -0.05) is 13.8 Å². The molecule has 1 aromatic rings. The van der Waals surface area contributed by atoms with E-state index in [0.717, 1.165) is 45.2 Å². The molecule has 0 saturated carbocycles. The predicted octanol–water partition coefficient (Wildman–Crippen LogP) is 1.74. The highest BCUT2D eigenvalue weighted by molar-refractivity contribution is 5.77. The number of fused-ring (bicyclic) bond motifs is 1. The van der Waals surface area contributed by atoms with Crippen LogP contribution >= 0.6 is 0 Å². The predicted molar refractivity (Wildman–Crippen MR) is 83.1 cm³/mol. The van der Waals surface area contributed by atoms with Gasteiger partial charge in [0.05, 0.1) is 6.04 Å². The van der Waals surface area contributed by atoms with Crippen LogP contribution in [0, 0.1) is 5.92 Å². The number of nitrogens with one attached hydrogen (secondary N) is 1. The summed E-state index contributed by atoms with van der Waals surface area (Å²) in [4.78, 5) is 16.1. The zero-order chi connectivity index (χ0) is 14.8. The first-order chi connectivity index (χ1) is 10.1. The molecule has 0 spiro atoms. The van der Waals surface area contributed by atoms with Crippen molar-refractivity contribution in [2.24, 2.45) is 5.92 Å². The van der Waals surface area contributed by atoms with Crippen LogP contribution in [0.3, 0.4) is 0 Å². The Morgan fingerprint density at radius 1 is 1.38 bits per heavy atom. The molecule has 21 heavy (non-hydrogen) atoms. The van der Waals surface area contributed by atoms with Crippen LogP contribution in [0.1, 0.15) is 26.0 Å². The zero-order valence-corrected chi connectivity index (χ0v) is 13.1. The van der Waals surface area contributed by atoms with E-state index >= 15 is 0 Å². The Hall–Kier alpha value is -1.49. The molecule has 1 aromatic heterocycles. The van der Waals surface area contributed by atoms with Gasteiger partial charge in [-0.15, -0.1) is 0 Å². The minimum Gasteiger partial charge on any atom is -0.350 e. The quantitative estimate of drug-likeness (QED) is 0.897. The fraction of sp³-hybridized carbons (Fsp3) is 0.688. The number of carbonyl (C=O) groups is 1. The van der Waals surface area contributed by atoms with Crippen LogP contribution in [0.4, 0.5) is 4.79 Å². The van der Waals surface area contributed by atoms with Gasteiger partial charge in [0.15, 0.2) is 0 Å². The van der Waals surface area contributed by atoms with E-state index in [4.69, 9.17) is 0 Å². The fourth-order valence-corrected chi connectivity index (χ4v) is 3.25. The molecule has 0 radical (unpaired) electrons. The second-order valence-corrected chi connectivity index (χ2v) is 6.64. The number of rotatable bonds is 5. The number of aromatic nitrogens is 1. The van der Waals surface area contributed by atoms with E-state index in [1.54, 1.807) is 0 Å². The van der Waals surface area contributed by atoms with Crippen molar-refractivity contribution in [2.45, 2.75) is 39.4 Å². The highest BCUT2D eigenvalue weighted by Crippen LogP contribution is 2.17. The summed E-state index contributed by atoms with van der Waals surface area (Å²) in [6.07, 6.45) is 3.41. The molecule has 0 aliphatic carbocycles. The van der Waals surface area contributed by atoms with Crippen molar-refractivity contribution in [1.82, 2.24) is 19.7 Å². The number of hydrogen-bond donors (Lipinski definition) is 1. The first kappa shape index (κ1) is 14.4. The second-order valence-electron chi connectivity index (χ2n) is 6.64. The topological polar surface area (TPSA) is 40.5 Å². The molecule has 0 aromatic carbocycles. The number of piperazine rings is 1. The molecule has 5 heteroatoms. The van der Waals surface area contributed by atoms with Gasteiger partial charge in [-0.05, 0) is 24.5 Å². The van der Waals surface area contributed by atoms with E-state index < -0.39 is 0 Å². The van der Waals surface area contributed by atoms with Gasteiger partial charge in [-0.3, -0.25) is 4.90 Å². The molecule has 2 amide bonds. The largest absolute Gasteiger partial charge is 0.350 e. The number of amides is 2. The van der Waals surface area contributed by atoms with Crippen molar-refractivity contribution in [2.75, 3.05) is 26.2 Å². The van der Waals surface area contributed by atoms with Crippen molar-refractivity contribution in [3.05, 3.63) is 24.0 Å². The smallest absolute Gasteiger partial charge is 0.317 e. The molecule has 116 valence electrons. The molecule has 5 nitrogen and oxygen atoms in total. The lowest BCUT2D eigenvalue weighted by atomic mass is 10.1. The molecule has 1 N–H and O–H groups in total. The van der Waals surface area contributed by atoms with Gasteiger partial charge in [-0.2, -0.15) is 0 Å². The van der Waals surface area contributed by atoms with E-state index in [1.165, 1.54) is 12.1 Å². The van der Waals surface area contributed by atoms with Gasteiger partial charge in [0.25, 0.3) is 0 Å². The maximum Gasteiger partial charge on any atom is 0.317 e. The van der Waals surface area contributed by atoms with Crippen LogP contribution in [-0.2, 0) is 13.1 Å². The van der Waals surface area contributed by atoms with Crippen LogP contribution < -0.4 is 5.32 Å². The summed E-state index contributed by atoms with van der Waals surface area (Å²) >= 11 is 0. The normalized spacial score (nSPS) is 22.7. The molecule has 0 unspecified atom stereocenters. The Morgan fingerprint density at radius 3 is 3.05 bits per heavy atom. The van der Waals surface area contributed by atoms with E-state index in [9.17, 15) is 4.79 Å². The van der Waals surface area contributed by atoms with Crippen LogP contribution in [0.2, 0.25) is 0 Å². The van der Waals surface area contributed by atoms with Crippen molar-refractivity contribution < 1.29 is 4.79 Å². The second kappa shape index (κ2) is 6.10.